The molecule has 0 unspecified atom stereocenters. The summed E-state index contributed by atoms with van der Waals surface area (Å²) in [6.45, 7) is 6.19. The van der Waals surface area contributed by atoms with Gasteiger partial charge in [0, 0.05) is 10.6 Å². The van der Waals surface area contributed by atoms with E-state index in [4.69, 9.17) is 21.4 Å². The van der Waals surface area contributed by atoms with Crippen LogP contribution in [0.1, 0.15) is 34.6 Å². The topological polar surface area (TPSA) is 76.4 Å². The van der Waals surface area contributed by atoms with Crippen LogP contribution in [0.25, 0.3) is 5.69 Å². The summed E-state index contributed by atoms with van der Waals surface area (Å²) in [5.74, 6) is 1.37. The Morgan fingerprint density at radius 2 is 2.10 bits per heavy atom. The van der Waals surface area contributed by atoms with Gasteiger partial charge in [-0.15, -0.1) is 11.8 Å². The molecule has 8 heteroatoms. The Bertz CT molecular complexity index is 1130. The molecule has 0 radical (unpaired) electrons. The van der Waals surface area contributed by atoms with Gasteiger partial charge in [0.25, 0.3) is 0 Å². The lowest BCUT2D eigenvalue weighted by molar-refractivity contribution is -0.113. The van der Waals surface area contributed by atoms with Gasteiger partial charge in [-0.2, -0.15) is 5.10 Å². The van der Waals surface area contributed by atoms with E-state index in [2.05, 4.69) is 5.32 Å². The van der Waals surface area contributed by atoms with E-state index >= 15 is 0 Å². The van der Waals surface area contributed by atoms with Crippen molar-refractivity contribution in [1.82, 2.24) is 9.78 Å². The van der Waals surface area contributed by atoms with Crippen LogP contribution in [-0.4, -0.2) is 33.2 Å². The molecule has 0 spiro atoms. The van der Waals surface area contributed by atoms with Gasteiger partial charge < -0.3 is 15.2 Å². The summed E-state index contributed by atoms with van der Waals surface area (Å²) in [6.07, 6.45) is 0. The van der Waals surface area contributed by atoms with Crippen LogP contribution in [0.5, 0.6) is 11.5 Å². The highest BCUT2D eigenvalue weighted by atomic mass is 35.5. The quantitative estimate of drug-likeness (QED) is 0.592. The number of anilines is 1. The van der Waals surface area contributed by atoms with E-state index in [0.29, 0.717) is 28.9 Å². The van der Waals surface area contributed by atoms with Crippen molar-refractivity contribution in [3.8, 4) is 17.2 Å². The molecule has 3 aromatic rings. The van der Waals surface area contributed by atoms with Crippen LogP contribution in [0.4, 0.5) is 5.82 Å². The van der Waals surface area contributed by atoms with E-state index < -0.39 is 0 Å². The van der Waals surface area contributed by atoms with Gasteiger partial charge in [0.15, 0.2) is 11.5 Å². The van der Waals surface area contributed by atoms with Crippen molar-refractivity contribution >= 4 is 35.1 Å². The number of aromatic nitrogens is 2. The van der Waals surface area contributed by atoms with E-state index in [1.165, 1.54) is 11.8 Å². The molecule has 156 valence electrons. The van der Waals surface area contributed by atoms with Crippen molar-refractivity contribution in [3.63, 3.8) is 0 Å². The number of carbonyl (C=O) groups excluding carboxylic acids is 1. The second-order valence-electron chi connectivity index (χ2n) is 7.09. The number of hydrogen-bond acceptors (Lipinski definition) is 5. The highest BCUT2D eigenvalue weighted by Crippen LogP contribution is 2.45. The number of thioether (sulfide) groups is 1. The Hall–Kier alpha value is -2.64. The summed E-state index contributed by atoms with van der Waals surface area (Å²) in [5.41, 5.74) is 4.42. The number of nitrogens with one attached hydrogen (secondary N) is 1. The Morgan fingerprint density at radius 1 is 1.30 bits per heavy atom. The van der Waals surface area contributed by atoms with Crippen molar-refractivity contribution < 1.29 is 14.6 Å². The normalized spacial score (nSPS) is 16.0. The highest BCUT2D eigenvalue weighted by Gasteiger charge is 2.31. The molecule has 0 aliphatic carbocycles. The predicted molar refractivity (Wildman–Crippen MR) is 120 cm³/mol. The lowest BCUT2D eigenvalue weighted by atomic mass is 10.0. The minimum atomic E-state index is -0.145. The number of aryl methyl sites for hydroxylation is 2. The minimum absolute atomic E-state index is 0.0908. The fourth-order valence-corrected chi connectivity index (χ4v) is 4.87. The molecular formula is C22H22ClN3O3S. The standard InChI is InChI=1S/C22H22ClN3O3S/c1-4-29-18-9-14(6-8-17(18)27)21-20-13(3)25-26(22(20)24-19(28)11-30-21)15-7-5-12(2)16(23)10-15/h5-10,21,27H,4,11H2,1-3H3,(H,24,28)/t21-/m0/s1. The number of halogens is 1. The van der Waals surface area contributed by atoms with Crippen LogP contribution in [0.3, 0.4) is 0 Å². The predicted octanol–water partition coefficient (Wildman–Crippen LogP) is 5.02. The maximum atomic E-state index is 12.5. The molecule has 4 rings (SSSR count). The smallest absolute Gasteiger partial charge is 0.235 e. The zero-order valence-electron chi connectivity index (χ0n) is 16.9. The maximum Gasteiger partial charge on any atom is 0.235 e. The van der Waals surface area contributed by atoms with E-state index in [0.717, 1.165) is 28.1 Å². The lowest BCUT2D eigenvalue weighted by Crippen LogP contribution is -2.15. The van der Waals surface area contributed by atoms with Crippen LogP contribution < -0.4 is 10.1 Å². The molecule has 1 aliphatic heterocycles. The average Bonchev–Trinajstić information content (AvgIpc) is 2.91. The van der Waals surface area contributed by atoms with Crippen LogP contribution in [0.15, 0.2) is 36.4 Å². The van der Waals surface area contributed by atoms with Gasteiger partial charge in [0.1, 0.15) is 5.82 Å². The van der Waals surface area contributed by atoms with Crippen LogP contribution in [0.2, 0.25) is 5.02 Å². The maximum absolute atomic E-state index is 12.5. The number of aromatic hydroxyl groups is 1. The number of amides is 1. The molecule has 1 aromatic heterocycles. The van der Waals surface area contributed by atoms with Crippen molar-refractivity contribution in [1.29, 1.82) is 0 Å². The monoisotopic (exact) mass is 443 g/mol. The largest absolute Gasteiger partial charge is 0.504 e. The van der Waals surface area contributed by atoms with Crippen molar-refractivity contribution in [2.24, 2.45) is 0 Å². The van der Waals surface area contributed by atoms with E-state index in [1.807, 2.05) is 51.1 Å². The molecule has 2 N–H and O–H groups in total. The van der Waals surface area contributed by atoms with Crippen LogP contribution in [-0.2, 0) is 4.79 Å². The van der Waals surface area contributed by atoms with Gasteiger partial charge >= 0.3 is 0 Å². The molecule has 1 aliphatic rings. The summed E-state index contributed by atoms with van der Waals surface area (Å²) in [4.78, 5) is 12.5. The van der Waals surface area contributed by atoms with Gasteiger partial charge in [-0.05, 0) is 56.2 Å². The lowest BCUT2D eigenvalue weighted by Gasteiger charge is -2.17. The van der Waals surface area contributed by atoms with Gasteiger partial charge in [-0.1, -0.05) is 23.7 Å². The average molecular weight is 444 g/mol. The van der Waals surface area contributed by atoms with Crippen molar-refractivity contribution in [2.45, 2.75) is 26.0 Å². The van der Waals surface area contributed by atoms with Gasteiger partial charge in [-0.3, -0.25) is 4.79 Å². The first-order valence-electron chi connectivity index (χ1n) is 9.62. The number of phenolic OH excluding ortho intramolecular Hbond substituents is 1. The SMILES string of the molecule is CCOc1cc([C@@H]2SCC(=O)Nc3c2c(C)nn3-c2ccc(C)c(Cl)c2)ccc1O. The molecule has 0 fully saturated rings. The number of hydrogen-bond donors (Lipinski definition) is 2. The summed E-state index contributed by atoms with van der Waals surface area (Å²) in [5, 5.41) is 18.3. The second kappa shape index (κ2) is 8.24. The first-order chi connectivity index (χ1) is 14.4. The second-order valence-corrected chi connectivity index (χ2v) is 8.59. The Morgan fingerprint density at radius 3 is 2.83 bits per heavy atom. The molecule has 30 heavy (non-hydrogen) atoms. The van der Waals surface area contributed by atoms with Gasteiger partial charge in [0.05, 0.1) is 29.0 Å². The third-order valence-corrected chi connectivity index (χ3v) is 6.67. The number of fused-ring (bicyclic) bond motifs is 1. The number of benzene rings is 2. The fourth-order valence-electron chi connectivity index (χ4n) is 3.51. The molecule has 2 aromatic carbocycles. The minimum Gasteiger partial charge on any atom is -0.504 e. The van der Waals surface area contributed by atoms with E-state index in [9.17, 15) is 9.90 Å². The third-order valence-electron chi connectivity index (χ3n) is 4.99. The molecule has 2 heterocycles. The zero-order valence-corrected chi connectivity index (χ0v) is 18.5. The van der Waals surface area contributed by atoms with Gasteiger partial charge in [0.2, 0.25) is 5.91 Å². The summed E-state index contributed by atoms with van der Waals surface area (Å²) in [6, 6.07) is 11.0. The summed E-state index contributed by atoms with van der Waals surface area (Å²) in [7, 11) is 0. The molecule has 1 amide bonds. The molecule has 0 bridgehead atoms. The number of phenols is 1. The fraction of sp³-hybridized carbons (Fsp3) is 0.273. The number of carbonyl (C=O) groups is 1. The molecule has 1 atom stereocenters. The highest BCUT2D eigenvalue weighted by molar-refractivity contribution is 8.00. The number of rotatable bonds is 4. The molecule has 6 nitrogen and oxygen atoms in total. The van der Waals surface area contributed by atoms with Crippen molar-refractivity contribution in [3.05, 3.63) is 63.8 Å². The third kappa shape index (κ3) is 3.75. The van der Waals surface area contributed by atoms with E-state index in [-0.39, 0.29) is 16.9 Å². The zero-order chi connectivity index (χ0) is 21.4. The first kappa shape index (κ1) is 20.6. The number of ether oxygens (including phenoxy) is 1. The van der Waals surface area contributed by atoms with Gasteiger partial charge in [-0.25, -0.2) is 4.68 Å². The molecular weight excluding hydrogens is 422 g/mol. The van der Waals surface area contributed by atoms with Crippen molar-refractivity contribution in [2.75, 3.05) is 17.7 Å². The molecule has 0 saturated carbocycles. The summed E-state index contributed by atoms with van der Waals surface area (Å²) < 4.78 is 7.29. The number of nitrogens with zero attached hydrogens (tertiary/aromatic N) is 2. The molecule has 0 saturated heterocycles. The first-order valence-corrected chi connectivity index (χ1v) is 11.0. The Labute approximate surface area is 184 Å². The van der Waals surface area contributed by atoms with Crippen LogP contribution >= 0.6 is 23.4 Å². The Kier molecular flexibility index (Phi) is 5.66. The Balaban J connectivity index is 1.86. The van der Waals surface area contributed by atoms with Crippen LogP contribution in [0, 0.1) is 13.8 Å². The summed E-state index contributed by atoms with van der Waals surface area (Å²) >= 11 is 7.85. The van der Waals surface area contributed by atoms with E-state index in [1.54, 1.807) is 10.7 Å².